The molecule has 0 fully saturated rings. The lowest BCUT2D eigenvalue weighted by Gasteiger charge is -2.07. The number of hydrogen-bond donors (Lipinski definition) is 3. The lowest BCUT2D eigenvalue weighted by molar-refractivity contribution is 0.0697. The van der Waals surface area contributed by atoms with Gasteiger partial charge in [-0.3, -0.25) is 9.89 Å². The lowest BCUT2D eigenvalue weighted by atomic mass is 10.1. The van der Waals surface area contributed by atoms with Crippen LogP contribution in [0.5, 0.6) is 0 Å². The quantitative estimate of drug-likeness (QED) is 0.495. The van der Waals surface area contributed by atoms with Crippen molar-refractivity contribution in [3.63, 3.8) is 0 Å². The fraction of sp³-hybridized carbons (Fsp3) is 0. The van der Waals surface area contributed by atoms with Crippen molar-refractivity contribution < 1.29 is 19.1 Å². The van der Waals surface area contributed by atoms with Gasteiger partial charge in [-0.15, -0.1) is 0 Å². The first-order valence-electron chi connectivity index (χ1n) is 8.40. The van der Waals surface area contributed by atoms with Crippen LogP contribution in [0.1, 0.15) is 20.7 Å². The van der Waals surface area contributed by atoms with Crippen molar-refractivity contribution in [2.45, 2.75) is 0 Å². The molecule has 7 heteroatoms. The van der Waals surface area contributed by atoms with E-state index in [-0.39, 0.29) is 16.9 Å². The number of carbonyl (C=O) groups is 2. The number of benzene rings is 3. The van der Waals surface area contributed by atoms with E-state index in [1.54, 1.807) is 36.4 Å². The molecule has 1 aromatic heterocycles. The molecule has 6 nitrogen and oxygen atoms in total. The van der Waals surface area contributed by atoms with Gasteiger partial charge in [0.2, 0.25) is 0 Å². The minimum atomic E-state index is -1.10. The number of nitrogens with one attached hydrogen (secondary N) is 2. The number of amides is 1. The minimum Gasteiger partial charge on any atom is -0.478 e. The number of fused-ring (bicyclic) bond motifs is 1. The Bertz CT molecular complexity index is 1200. The van der Waals surface area contributed by atoms with Crippen molar-refractivity contribution in [1.82, 2.24) is 10.2 Å². The number of carbonyl (C=O) groups excluding carboxylic acids is 1. The molecule has 1 heterocycles. The maximum Gasteiger partial charge on any atom is 0.335 e. The fourth-order valence-electron chi connectivity index (χ4n) is 2.92. The van der Waals surface area contributed by atoms with Crippen LogP contribution >= 0.6 is 0 Å². The van der Waals surface area contributed by atoms with Gasteiger partial charge in [0, 0.05) is 22.2 Å². The zero-order valence-electron chi connectivity index (χ0n) is 14.4. The normalized spacial score (nSPS) is 10.8. The standard InChI is InChI=1S/C21H14FN3O3/c22-15-6-4-12(5-7-15)19-17-11-16(8-9-18(17)24-25-19)23-20(26)13-2-1-3-14(10-13)21(27)28/h1-11H,(H,23,26)(H,24,25)(H,27,28). The van der Waals surface area contributed by atoms with Crippen molar-refractivity contribution in [1.29, 1.82) is 0 Å². The van der Waals surface area contributed by atoms with Gasteiger partial charge in [0.1, 0.15) is 5.82 Å². The number of halogens is 1. The molecular formula is C21H14FN3O3. The molecule has 0 saturated heterocycles. The number of carboxylic acid groups (broad SMARTS) is 1. The van der Waals surface area contributed by atoms with Gasteiger partial charge in [-0.1, -0.05) is 6.07 Å². The molecular weight excluding hydrogens is 361 g/mol. The SMILES string of the molecule is O=C(O)c1cccc(C(=O)Nc2ccc3[nH]nc(-c4ccc(F)cc4)c3c2)c1. The molecule has 0 atom stereocenters. The van der Waals surface area contributed by atoms with Gasteiger partial charge < -0.3 is 10.4 Å². The van der Waals surface area contributed by atoms with Crippen molar-refractivity contribution in [2.24, 2.45) is 0 Å². The molecule has 3 N–H and O–H groups in total. The molecule has 0 saturated carbocycles. The highest BCUT2D eigenvalue weighted by Gasteiger charge is 2.12. The molecule has 0 spiro atoms. The summed E-state index contributed by atoms with van der Waals surface area (Å²) < 4.78 is 13.2. The summed E-state index contributed by atoms with van der Waals surface area (Å²) in [6.45, 7) is 0. The van der Waals surface area contributed by atoms with Gasteiger partial charge in [-0.25, -0.2) is 9.18 Å². The molecule has 0 unspecified atom stereocenters. The highest BCUT2D eigenvalue weighted by Crippen LogP contribution is 2.28. The van der Waals surface area contributed by atoms with Crippen molar-refractivity contribution in [3.8, 4) is 11.3 Å². The first-order valence-corrected chi connectivity index (χ1v) is 8.40. The van der Waals surface area contributed by atoms with Gasteiger partial charge in [-0.05, 0) is 60.7 Å². The minimum absolute atomic E-state index is 0.0385. The van der Waals surface area contributed by atoms with Gasteiger partial charge in [-0.2, -0.15) is 5.10 Å². The van der Waals surface area contributed by atoms with E-state index in [0.717, 1.165) is 16.5 Å². The average molecular weight is 375 g/mol. The Kier molecular flexibility index (Phi) is 4.33. The zero-order chi connectivity index (χ0) is 19.7. The van der Waals surface area contributed by atoms with Crippen LogP contribution in [0.25, 0.3) is 22.2 Å². The third-order valence-electron chi connectivity index (χ3n) is 4.31. The first-order chi connectivity index (χ1) is 13.5. The van der Waals surface area contributed by atoms with Crippen LogP contribution in [-0.4, -0.2) is 27.2 Å². The monoisotopic (exact) mass is 375 g/mol. The van der Waals surface area contributed by atoms with Crippen LogP contribution in [-0.2, 0) is 0 Å². The third kappa shape index (κ3) is 3.33. The molecule has 0 radical (unpaired) electrons. The van der Waals surface area contributed by atoms with Gasteiger partial charge in [0.05, 0.1) is 16.8 Å². The number of H-pyrrole nitrogens is 1. The maximum absolute atomic E-state index is 13.2. The largest absolute Gasteiger partial charge is 0.478 e. The van der Waals surface area contributed by atoms with E-state index < -0.39 is 11.9 Å². The number of aromatic nitrogens is 2. The van der Waals surface area contributed by atoms with Crippen LogP contribution in [0.4, 0.5) is 10.1 Å². The zero-order valence-corrected chi connectivity index (χ0v) is 14.4. The molecule has 0 aliphatic carbocycles. The number of rotatable bonds is 4. The van der Waals surface area contributed by atoms with Crippen LogP contribution in [0, 0.1) is 5.82 Å². The summed E-state index contributed by atoms with van der Waals surface area (Å²) >= 11 is 0. The molecule has 0 bridgehead atoms. The Labute approximate surface area is 158 Å². The van der Waals surface area contributed by atoms with E-state index >= 15 is 0 Å². The van der Waals surface area contributed by atoms with E-state index in [9.17, 15) is 14.0 Å². The summed E-state index contributed by atoms with van der Waals surface area (Å²) in [5.74, 6) is -1.85. The highest BCUT2D eigenvalue weighted by molar-refractivity contribution is 6.07. The predicted molar refractivity (Wildman–Crippen MR) is 103 cm³/mol. The van der Waals surface area contributed by atoms with Crippen molar-refractivity contribution in [3.05, 3.63) is 83.7 Å². The second-order valence-electron chi connectivity index (χ2n) is 6.18. The van der Waals surface area contributed by atoms with Gasteiger partial charge in [0.25, 0.3) is 5.91 Å². The number of aromatic amines is 1. The molecule has 0 aliphatic rings. The highest BCUT2D eigenvalue weighted by atomic mass is 19.1. The number of aromatic carboxylic acids is 1. The van der Waals surface area contributed by atoms with Crippen LogP contribution < -0.4 is 5.32 Å². The first kappa shape index (κ1) is 17.4. The Hall–Kier alpha value is -4.00. The number of hydrogen-bond acceptors (Lipinski definition) is 3. The van der Waals surface area contributed by atoms with Gasteiger partial charge >= 0.3 is 5.97 Å². The predicted octanol–water partition coefficient (Wildman–Crippen LogP) is 4.32. The van der Waals surface area contributed by atoms with E-state index in [2.05, 4.69) is 15.5 Å². The molecule has 3 aromatic carbocycles. The van der Waals surface area contributed by atoms with E-state index in [4.69, 9.17) is 5.11 Å². The molecule has 0 aliphatic heterocycles. The van der Waals surface area contributed by atoms with E-state index in [1.807, 2.05) is 0 Å². The second-order valence-corrected chi connectivity index (χ2v) is 6.18. The molecule has 28 heavy (non-hydrogen) atoms. The summed E-state index contributed by atoms with van der Waals surface area (Å²) in [5.41, 5.74) is 2.96. The number of nitrogens with zero attached hydrogens (tertiary/aromatic N) is 1. The molecule has 4 aromatic rings. The number of carboxylic acids is 1. The average Bonchev–Trinajstić information content (AvgIpc) is 3.12. The summed E-state index contributed by atoms with van der Waals surface area (Å²) in [6, 6.07) is 17.0. The Balaban J connectivity index is 1.65. The Morgan fingerprint density at radius 2 is 1.71 bits per heavy atom. The van der Waals surface area contributed by atoms with Crippen LogP contribution in [0.3, 0.4) is 0 Å². The van der Waals surface area contributed by atoms with E-state index in [1.165, 1.54) is 30.3 Å². The molecule has 138 valence electrons. The topological polar surface area (TPSA) is 95.1 Å². The smallest absolute Gasteiger partial charge is 0.335 e. The number of anilines is 1. The lowest BCUT2D eigenvalue weighted by Crippen LogP contribution is -2.12. The summed E-state index contributed by atoms with van der Waals surface area (Å²) in [4.78, 5) is 23.6. The summed E-state index contributed by atoms with van der Waals surface area (Å²) in [7, 11) is 0. The van der Waals surface area contributed by atoms with Crippen molar-refractivity contribution in [2.75, 3.05) is 5.32 Å². The Morgan fingerprint density at radius 1 is 0.964 bits per heavy atom. The van der Waals surface area contributed by atoms with Crippen molar-refractivity contribution >= 4 is 28.5 Å². The second kappa shape index (κ2) is 6.96. The van der Waals surface area contributed by atoms with Gasteiger partial charge in [0.15, 0.2) is 0 Å². The summed E-state index contributed by atoms with van der Waals surface area (Å²) in [6.07, 6.45) is 0. The maximum atomic E-state index is 13.2. The fourth-order valence-corrected chi connectivity index (χ4v) is 2.92. The Morgan fingerprint density at radius 3 is 2.46 bits per heavy atom. The molecule has 4 rings (SSSR count). The van der Waals surface area contributed by atoms with E-state index in [0.29, 0.717) is 11.4 Å². The molecule has 1 amide bonds. The summed E-state index contributed by atoms with van der Waals surface area (Å²) in [5, 5.41) is 19.8. The van der Waals surface area contributed by atoms with Crippen LogP contribution in [0.15, 0.2) is 66.7 Å². The van der Waals surface area contributed by atoms with Crippen LogP contribution in [0.2, 0.25) is 0 Å². The third-order valence-corrected chi connectivity index (χ3v) is 4.31.